The Hall–Kier alpha value is -0.520. The van der Waals surface area contributed by atoms with Crippen molar-refractivity contribution in [2.75, 3.05) is 6.26 Å². The normalized spacial score (nSPS) is 18.0. The molecule has 1 aliphatic rings. The van der Waals surface area contributed by atoms with Gasteiger partial charge in [0.2, 0.25) is 5.12 Å². The van der Waals surface area contributed by atoms with E-state index in [2.05, 4.69) is 20.9 Å². The highest BCUT2D eigenvalue weighted by Crippen LogP contribution is 2.29. The average molecular weight is 314 g/mol. The molecule has 0 unspecified atom stereocenters. The molecule has 0 aromatic heterocycles. The minimum absolute atomic E-state index is 0.0179. The Morgan fingerprint density at radius 2 is 2.31 bits per heavy atom. The Morgan fingerprint density at radius 3 is 2.94 bits per heavy atom. The molecule has 1 aliphatic heterocycles. The van der Waals surface area contributed by atoms with E-state index in [-0.39, 0.29) is 5.12 Å². The van der Waals surface area contributed by atoms with Gasteiger partial charge in [0.25, 0.3) is 0 Å². The molecule has 0 spiro atoms. The molecule has 1 heterocycles. The summed E-state index contributed by atoms with van der Waals surface area (Å²) >= 11 is 6.08. The van der Waals surface area contributed by atoms with Crippen LogP contribution in [0.3, 0.4) is 0 Å². The summed E-state index contributed by atoms with van der Waals surface area (Å²) in [6.45, 7) is 0. The van der Waals surface area contributed by atoms with Crippen LogP contribution in [0.25, 0.3) is 6.08 Å². The van der Waals surface area contributed by atoms with Gasteiger partial charge in [-0.05, 0) is 41.8 Å². The lowest BCUT2D eigenvalue weighted by Crippen LogP contribution is -1.87. The first-order chi connectivity index (χ1) is 7.69. The maximum atomic E-state index is 11.6. The van der Waals surface area contributed by atoms with E-state index in [9.17, 15) is 4.79 Å². The molecule has 82 valence electrons. The topological polar surface area (TPSA) is 29.4 Å². The predicted molar refractivity (Wildman–Crippen MR) is 75.7 cm³/mol. The second-order valence-corrected chi connectivity index (χ2v) is 5.99. The molecule has 0 atom stereocenters. The van der Waals surface area contributed by atoms with Gasteiger partial charge in [-0.1, -0.05) is 28.1 Å². The molecule has 5 heteroatoms. The van der Waals surface area contributed by atoms with Crippen LogP contribution in [-0.2, 0) is 4.79 Å². The van der Waals surface area contributed by atoms with Gasteiger partial charge in [0, 0.05) is 4.47 Å². The van der Waals surface area contributed by atoms with Crippen molar-refractivity contribution in [3.05, 3.63) is 40.0 Å². The molecule has 0 N–H and O–H groups in total. The second-order valence-electron chi connectivity index (χ2n) is 3.06. The number of nitrogens with zero attached hydrogens (tertiary/aromatic N) is 1. The van der Waals surface area contributed by atoms with E-state index in [1.807, 2.05) is 36.6 Å². The standard InChI is InChI=1S/C11H8BrNOS2/c1-15-11-13-9(10(14)16-11)6-7-3-2-4-8(12)5-7/h2-6H,1H3/b9-6+. The van der Waals surface area contributed by atoms with Gasteiger partial charge in [-0.3, -0.25) is 4.79 Å². The Labute approximate surface area is 111 Å². The van der Waals surface area contributed by atoms with Crippen molar-refractivity contribution in [3.8, 4) is 0 Å². The van der Waals surface area contributed by atoms with E-state index in [0.717, 1.165) is 14.4 Å². The summed E-state index contributed by atoms with van der Waals surface area (Å²) in [5, 5.41) is 0.0179. The minimum atomic E-state index is 0.0179. The van der Waals surface area contributed by atoms with Crippen LogP contribution in [0.5, 0.6) is 0 Å². The van der Waals surface area contributed by atoms with Crippen LogP contribution >= 0.6 is 39.5 Å². The SMILES string of the molecule is CSC1=N/C(=C/c2cccc(Br)c2)C(=O)S1. The van der Waals surface area contributed by atoms with E-state index >= 15 is 0 Å². The Balaban J connectivity index is 2.31. The van der Waals surface area contributed by atoms with Crippen molar-refractivity contribution >= 4 is 55.0 Å². The number of carbonyl (C=O) groups is 1. The van der Waals surface area contributed by atoms with E-state index in [4.69, 9.17) is 0 Å². The number of carbonyl (C=O) groups excluding carboxylic acids is 1. The number of rotatable bonds is 1. The molecule has 2 rings (SSSR count). The van der Waals surface area contributed by atoms with Gasteiger partial charge in [-0.2, -0.15) is 0 Å². The fraction of sp³-hybridized carbons (Fsp3) is 0.0909. The Kier molecular flexibility index (Phi) is 3.89. The molecule has 2 nitrogen and oxygen atoms in total. The van der Waals surface area contributed by atoms with E-state index in [0.29, 0.717) is 5.70 Å². The van der Waals surface area contributed by atoms with E-state index in [1.54, 1.807) is 0 Å². The Morgan fingerprint density at radius 1 is 1.50 bits per heavy atom. The molecule has 16 heavy (non-hydrogen) atoms. The van der Waals surface area contributed by atoms with Gasteiger partial charge in [0.05, 0.1) is 0 Å². The number of hydrogen-bond donors (Lipinski definition) is 0. The number of hydrogen-bond acceptors (Lipinski definition) is 4. The lowest BCUT2D eigenvalue weighted by Gasteiger charge is -1.95. The number of benzene rings is 1. The first kappa shape index (κ1) is 12.0. The highest BCUT2D eigenvalue weighted by Gasteiger charge is 2.21. The van der Waals surface area contributed by atoms with Crippen LogP contribution in [-0.4, -0.2) is 15.7 Å². The van der Waals surface area contributed by atoms with Crippen molar-refractivity contribution in [3.63, 3.8) is 0 Å². The lowest BCUT2D eigenvalue weighted by molar-refractivity contribution is -0.107. The zero-order chi connectivity index (χ0) is 11.5. The quantitative estimate of drug-likeness (QED) is 0.739. The van der Waals surface area contributed by atoms with Gasteiger partial charge >= 0.3 is 0 Å². The molecular formula is C11H8BrNOS2. The van der Waals surface area contributed by atoms with Gasteiger partial charge in [-0.15, -0.1) is 11.8 Å². The van der Waals surface area contributed by atoms with Crippen LogP contribution < -0.4 is 0 Å². The Bertz CT molecular complexity index is 497. The molecule has 0 saturated carbocycles. The van der Waals surface area contributed by atoms with Gasteiger partial charge in [-0.25, -0.2) is 4.99 Å². The van der Waals surface area contributed by atoms with Gasteiger partial charge < -0.3 is 0 Å². The second kappa shape index (κ2) is 5.21. The summed E-state index contributed by atoms with van der Waals surface area (Å²) in [5.41, 5.74) is 1.50. The summed E-state index contributed by atoms with van der Waals surface area (Å²) in [6, 6.07) is 7.78. The third-order valence-corrected chi connectivity index (χ3v) is 4.27. The lowest BCUT2D eigenvalue weighted by atomic mass is 10.2. The third kappa shape index (κ3) is 2.78. The number of thioether (sulfide) groups is 2. The summed E-state index contributed by atoms with van der Waals surface area (Å²) in [4.78, 5) is 15.8. The first-order valence-electron chi connectivity index (χ1n) is 4.51. The predicted octanol–water partition coefficient (Wildman–Crippen LogP) is 3.78. The minimum Gasteiger partial charge on any atom is -0.279 e. The zero-order valence-corrected chi connectivity index (χ0v) is 11.7. The first-order valence-corrected chi connectivity index (χ1v) is 7.34. The monoisotopic (exact) mass is 313 g/mol. The largest absolute Gasteiger partial charge is 0.279 e. The molecule has 1 aromatic rings. The third-order valence-electron chi connectivity index (χ3n) is 1.93. The highest BCUT2D eigenvalue weighted by atomic mass is 79.9. The van der Waals surface area contributed by atoms with Crippen LogP contribution in [0.2, 0.25) is 0 Å². The molecule has 0 fully saturated rings. The number of halogens is 1. The molecule has 0 saturated heterocycles. The van der Waals surface area contributed by atoms with Crippen LogP contribution in [0.4, 0.5) is 0 Å². The molecule has 0 amide bonds. The van der Waals surface area contributed by atoms with Gasteiger partial charge in [0.15, 0.2) is 0 Å². The summed E-state index contributed by atoms with van der Waals surface area (Å²) in [5.74, 6) is 0. The molecule has 0 radical (unpaired) electrons. The highest BCUT2D eigenvalue weighted by molar-refractivity contribution is 9.10. The van der Waals surface area contributed by atoms with Crippen molar-refractivity contribution in [1.29, 1.82) is 0 Å². The fourth-order valence-corrected chi connectivity index (χ4v) is 2.91. The summed E-state index contributed by atoms with van der Waals surface area (Å²) < 4.78 is 1.81. The molecular weight excluding hydrogens is 306 g/mol. The van der Waals surface area contributed by atoms with Crippen molar-refractivity contribution < 1.29 is 4.79 Å². The van der Waals surface area contributed by atoms with Crippen LogP contribution in [0.15, 0.2) is 39.4 Å². The molecule has 1 aromatic carbocycles. The van der Waals surface area contributed by atoms with Crippen LogP contribution in [0.1, 0.15) is 5.56 Å². The molecule has 0 aliphatic carbocycles. The zero-order valence-electron chi connectivity index (χ0n) is 8.44. The number of aliphatic imine (C=N–C) groups is 1. The fourth-order valence-electron chi connectivity index (χ4n) is 1.23. The maximum absolute atomic E-state index is 11.6. The van der Waals surface area contributed by atoms with Crippen molar-refractivity contribution in [2.45, 2.75) is 0 Å². The smallest absolute Gasteiger partial charge is 0.244 e. The van der Waals surface area contributed by atoms with Crippen molar-refractivity contribution in [2.24, 2.45) is 4.99 Å². The van der Waals surface area contributed by atoms with Crippen molar-refractivity contribution in [1.82, 2.24) is 0 Å². The molecule has 0 bridgehead atoms. The average Bonchev–Trinajstić information content (AvgIpc) is 2.60. The van der Waals surface area contributed by atoms with Gasteiger partial charge in [0.1, 0.15) is 10.1 Å². The van der Waals surface area contributed by atoms with E-state index < -0.39 is 0 Å². The summed E-state index contributed by atoms with van der Waals surface area (Å²) in [6.07, 6.45) is 3.73. The maximum Gasteiger partial charge on any atom is 0.244 e. The van der Waals surface area contributed by atoms with E-state index in [1.165, 1.54) is 23.5 Å². The summed E-state index contributed by atoms with van der Waals surface area (Å²) in [7, 11) is 0. The van der Waals surface area contributed by atoms with Crippen LogP contribution in [0, 0.1) is 0 Å².